The largest absolute Gasteiger partial charge is 0.462 e. The van der Waals surface area contributed by atoms with Crippen LogP contribution in [-0.2, 0) is 28.6 Å². The van der Waals surface area contributed by atoms with Gasteiger partial charge in [0.15, 0.2) is 6.10 Å². The fourth-order valence-corrected chi connectivity index (χ4v) is 8.90. The van der Waals surface area contributed by atoms with E-state index < -0.39 is 6.10 Å². The Balaban J connectivity index is 4.32. The molecule has 0 spiro atoms. The first-order valence-electron chi connectivity index (χ1n) is 33.2. The number of hydrogen-bond donors (Lipinski definition) is 0. The molecule has 6 heteroatoms. The van der Waals surface area contributed by atoms with E-state index in [0.717, 1.165) is 141 Å². The number of ether oxygens (including phenoxy) is 3. The molecular weight excluding hydrogens is 985 g/mol. The molecule has 1 atom stereocenters. The molecule has 0 aliphatic carbocycles. The minimum absolute atomic E-state index is 0.0984. The molecule has 0 fully saturated rings. The second kappa shape index (κ2) is 67.1. The van der Waals surface area contributed by atoms with Gasteiger partial charge in [-0.1, -0.05) is 276 Å². The van der Waals surface area contributed by atoms with Gasteiger partial charge in [-0.3, -0.25) is 14.4 Å². The quantitative estimate of drug-likeness (QED) is 0.0261. The van der Waals surface area contributed by atoms with Crippen LogP contribution in [-0.4, -0.2) is 37.2 Å². The maximum atomic E-state index is 12.9. The van der Waals surface area contributed by atoms with E-state index in [-0.39, 0.29) is 37.5 Å². The van der Waals surface area contributed by atoms with Crippen LogP contribution in [0.15, 0.2) is 134 Å². The standard InChI is InChI=1S/C74H122O6/c1-4-7-10-13-16-19-22-24-26-28-30-32-34-36-37-39-40-42-44-46-48-50-52-55-58-61-64-67-73(76)79-70-71(69-78-72(75)66-63-60-57-54-21-18-15-12-9-6-3)80-74(77)68-65-62-59-56-53-51-49-47-45-43-41-38-35-33-31-29-27-25-23-20-17-14-11-8-5-2/h8,11-12,15,17,20,22,24-25,27-28,30-31,33-34,36,38,41,45,47,51,53,71H,4-7,9-10,13-14,16,18-19,21,23,26,29,32,35,37,39-40,42-44,46,48-50,52,54-70H2,1-3H3/b11-8-,15-12-,20-17-,24-22-,27-25-,30-28-,33-31-,36-34-,41-38-,47-45-,53-51-. The highest BCUT2D eigenvalue weighted by atomic mass is 16.6. The number of hydrogen-bond acceptors (Lipinski definition) is 6. The summed E-state index contributed by atoms with van der Waals surface area (Å²) < 4.78 is 16.9. The average Bonchev–Trinajstić information content (AvgIpc) is 3.46. The highest BCUT2D eigenvalue weighted by molar-refractivity contribution is 5.71. The number of allylic oxidation sites excluding steroid dienone is 22. The topological polar surface area (TPSA) is 78.9 Å². The molecular formula is C74H122O6. The van der Waals surface area contributed by atoms with Crippen LogP contribution in [0.3, 0.4) is 0 Å². The summed E-state index contributed by atoms with van der Waals surface area (Å²) in [7, 11) is 0. The average molecular weight is 1110 g/mol. The van der Waals surface area contributed by atoms with Crippen LogP contribution in [0.1, 0.15) is 297 Å². The predicted molar refractivity (Wildman–Crippen MR) is 348 cm³/mol. The van der Waals surface area contributed by atoms with E-state index in [0.29, 0.717) is 12.8 Å². The molecule has 0 amide bonds. The van der Waals surface area contributed by atoms with E-state index in [1.807, 2.05) is 0 Å². The summed E-state index contributed by atoms with van der Waals surface area (Å²) in [6.07, 6.45) is 94.7. The predicted octanol–water partition coefficient (Wildman–Crippen LogP) is 22.9. The summed E-state index contributed by atoms with van der Waals surface area (Å²) in [6.45, 7) is 6.43. The van der Waals surface area contributed by atoms with Gasteiger partial charge in [-0.05, 0) is 135 Å². The summed E-state index contributed by atoms with van der Waals surface area (Å²) in [5, 5.41) is 0. The Morgan fingerprint density at radius 3 is 0.838 bits per heavy atom. The number of unbranched alkanes of at least 4 members (excludes halogenated alkanes) is 26. The smallest absolute Gasteiger partial charge is 0.306 e. The van der Waals surface area contributed by atoms with Crippen molar-refractivity contribution in [3.8, 4) is 0 Å². The van der Waals surface area contributed by atoms with Crippen molar-refractivity contribution in [2.24, 2.45) is 0 Å². The molecule has 0 aromatic carbocycles. The molecule has 0 aliphatic heterocycles. The van der Waals surface area contributed by atoms with Crippen molar-refractivity contribution in [2.75, 3.05) is 13.2 Å². The lowest BCUT2D eigenvalue weighted by atomic mass is 10.0. The first kappa shape index (κ1) is 75.5. The zero-order chi connectivity index (χ0) is 57.8. The monoisotopic (exact) mass is 1110 g/mol. The van der Waals surface area contributed by atoms with Gasteiger partial charge in [0.05, 0.1) is 0 Å². The van der Waals surface area contributed by atoms with Crippen LogP contribution in [0.4, 0.5) is 0 Å². The van der Waals surface area contributed by atoms with Gasteiger partial charge in [-0.2, -0.15) is 0 Å². The fourth-order valence-electron chi connectivity index (χ4n) is 8.90. The van der Waals surface area contributed by atoms with Crippen molar-refractivity contribution < 1.29 is 28.6 Å². The van der Waals surface area contributed by atoms with Crippen LogP contribution >= 0.6 is 0 Å². The van der Waals surface area contributed by atoms with E-state index in [4.69, 9.17) is 14.2 Å². The van der Waals surface area contributed by atoms with Gasteiger partial charge < -0.3 is 14.2 Å². The second-order valence-corrected chi connectivity index (χ2v) is 21.6. The lowest BCUT2D eigenvalue weighted by Gasteiger charge is -2.18. The molecule has 80 heavy (non-hydrogen) atoms. The lowest BCUT2D eigenvalue weighted by molar-refractivity contribution is -0.167. The van der Waals surface area contributed by atoms with E-state index >= 15 is 0 Å². The second-order valence-electron chi connectivity index (χ2n) is 21.6. The van der Waals surface area contributed by atoms with Gasteiger partial charge >= 0.3 is 17.9 Å². The SMILES string of the molecule is CC/C=C\C/C=C\C/C=C\C/C=C\C/C=C\C/C=C\C/C=C\CCCCCC(=O)OC(COC(=O)CCCCCCC/C=C\CCC)COC(=O)CCCCCCCCCCCCCC/C=C\C/C=C\C/C=C\CCCCCCC. The molecule has 0 saturated heterocycles. The van der Waals surface area contributed by atoms with Crippen LogP contribution < -0.4 is 0 Å². The van der Waals surface area contributed by atoms with Crippen LogP contribution in [0.2, 0.25) is 0 Å². The molecule has 0 bridgehead atoms. The Hall–Kier alpha value is -4.45. The highest BCUT2D eigenvalue weighted by Crippen LogP contribution is 2.15. The Kier molecular flexibility index (Phi) is 63.3. The normalized spacial score (nSPS) is 13.0. The van der Waals surface area contributed by atoms with Crippen LogP contribution in [0.25, 0.3) is 0 Å². The van der Waals surface area contributed by atoms with E-state index in [1.54, 1.807) is 0 Å². The van der Waals surface area contributed by atoms with E-state index in [9.17, 15) is 14.4 Å². The summed E-state index contributed by atoms with van der Waals surface area (Å²) in [5.74, 6) is -0.943. The zero-order valence-electron chi connectivity index (χ0n) is 52.0. The molecule has 0 aromatic heterocycles. The number of carbonyl (C=O) groups is 3. The summed E-state index contributed by atoms with van der Waals surface area (Å²) in [6, 6.07) is 0. The molecule has 0 heterocycles. The number of esters is 3. The molecule has 0 N–H and O–H groups in total. The van der Waals surface area contributed by atoms with Crippen molar-refractivity contribution in [1.29, 1.82) is 0 Å². The van der Waals surface area contributed by atoms with Crippen molar-refractivity contribution in [3.05, 3.63) is 134 Å². The van der Waals surface area contributed by atoms with Crippen molar-refractivity contribution >= 4 is 17.9 Å². The third kappa shape index (κ3) is 64.4. The Bertz CT molecular complexity index is 1700. The third-order valence-corrected chi connectivity index (χ3v) is 13.8. The van der Waals surface area contributed by atoms with Gasteiger partial charge in [0.1, 0.15) is 13.2 Å². The van der Waals surface area contributed by atoms with Gasteiger partial charge in [0.25, 0.3) is 0 Å². The van der Waals surface area contributed by atoms with Crippen molar-refractivity contribution in [1.82, 2.24) is 0 Å². The number of rotatable bonds is 59. The minimum atomic E-state index is -0.805. The molecule has 1 unspecified atom stereocenters. The minimum Gasteiger partial charge on any atom is -0.462 e. The Morgan fingerprint density at radius 1 is 0.263 bits per heavy atom. The third-order valence-electron chi connectivity index (χ3n) is 13.8. The van der Waals surface area contributed by atoms with E-state index in [2.05, 4.69) is 154 Å². The molecule has 0 aliphatic rings. The Morgan fingerprint density at radius 2 is 0.512 bits per heavy atom. The first-order valence-corrected chi connectivity index (χ1v) is 33.2. The first-order chi connectivity index (χ1) is 39.5. The molecule has 6 nitrogen and oxygen atoms in total. The van der Waals surface area contributed by atoms with Gasteiger partial charge in [-0.15, -0.1) is 0 Å². The maximum absolute atomic E-state index is 12.9. The molecule has 0 saturated carbocycles. The van der Waals surface area contributed by atoms with Gasteiger partial charge in [-0.25, -0.2) is 0 Å². The molecule has 0 aromatic rings. The van der Waals surface area contributed by atoms with Crippen molar-refractivity contribution in [2.45, 2.75) is 303 Å². The van der Waals surface area contributed by atoms with Gasteiger partial charge in [0, 0.05) is 19.3 Å². The van der Waals surface area contributed by atoms with Gasteiger partial charge in [0.2, 0.25) is 0 Å². The summed E-state index contributed by atoms with van der Waals surface area (Å²) in [4.78, 5) is 38.3. The van der Waals surface area contributed by atoms with E-state index in [1.165, 1.54) is 116 Å². The Labute approximate surface area is 494 Å². The maximum Gasteiger partial charge on any atom is 0.306 e. The lowest BCUT2D eigenvalue weighted by Crippen LogP contribution is -2.30. The van der Waals surface area contributed by atoms with Crippen LogP contribution in [0.5, 0.6) is 0 Å². The zero-order valence-corrected chi connectivity index (χ0v) is 52.0. The summed E-state index contributed by atoms with van der Waals surface area (Å²) in [5.41, 5.74) is 0. The fraction of sp³-hybridized carbons (Fsp3) is 0.662. The summed E-state index contributed by atoms with van der Waals surface area (Å²) >= 11 is 0. The molecule has 454 valence electrons. The highest BCUT2D eigenvalue weighted by Gasteiger charge is 2.19. The molecule has 0 rings (SSSR count). The number of carbonyl (C=O) groups excluding carboxylic acids is 3. The van der Waals surface area contributed by atoms with Crippen LogP contribution in [0, 0.1) is 0 Å². The van der Waals surface area contributed by atoms with Crippen molar-refractivity contribution in [3.63, 3.8) is 0 Å². The molecule has 0 radical (unpaired) electrons.